The number of anilines is 3. The van der Waals surface area contributed by atoms with Crippen LogP contribution in [0, 0.1) is 0 Å². The highest BCUT2D eigenvalue weighted by molar-refractivity contribution is 7.94. The molecule has 1 aromatic heterocycles. The van der Waals surface area contributed by atoms with E-state index < -0.39 is 20.0 Å². The van der Waals surface area contributed by atoms with Gasteiger partial charge in [0.05, 0.1) is 24.2 Å². The molecule has 2 aromatic carbocycles. The van der Waals surface area contributed by atoms with E-state index in [4.69, 9.17) is 4.74 Å². The number of rotatable bonds is 10. The number of nitrogens with one attached hydrogen (secondary N) is 2. The van der Waals surface area contributed by atoms with Gasteiger partial charge in [-0.1, -0.05) is 18.2 Å². The van der Waals surface area contributed by atoms with E-state index in [1.54, 1.807) is 47.8 Å². The molecule has 0 amide bonds. The standard InChI is InChI=1S/C21H25N3O5S3/c1-4-24(5-2)18-13-12-16(22-32(27,28)21-11-8-14-30-21)15-20(18)31(25,26)23-17-9-6-7-10-19(17)29-3/h6-15,22-23H,4-5H2,1-3H3. The Morgan fingerprint density at radius 2 is 1.62 bits per heavy atom. The van der Waals surface area contributed by atoms with Crippen LogP contribution < -0.4 is 19.1 Å². The molecule has 0 radical (unpaired) electrons. The van der Waals surface area contributed by atoms with E-state index in [0.717, 1.165) is 11.3 Å². The first-order valence-electron chi connectivity index (χ1n) is 9.83. The van der Waals surface area contributed by atoms with Crippen LogP contribution in [-0.2, 0) is 20.0 Å². The molecule has 0 aliphatic rings. The number of thiophene rings is 1. The second kappa shape index (κ2) is 9.80. The molecule has 0 unspecified atom stereocenters. The van der Waals surface area contributed by atoms with Crippen molar-refractivity contribution < 1.29 is 21.6 Å². The molecule has 0 fully saturated rings. The maximum absolute atomic E-state index is 13.4. The van der Waals surface area contributed by atoms with Gasteiger partial charge < -0.3 is 9.64 Å². The Labute approximate surface area is 193 Å². The molecule has 0 bridgehead atoms. The van der Waals surface area contributed by atoms with E-state index in [-0.39, 0.29) is 20.5 Å². The lowest BCUT2D eigenvalue weighted by molar-refractivity contribution is 0.417. The van der Waals surface area contributed by atoms with Crippen molar-refractivity contribution in [1.29, 1.82) is 0 Å². The summed E-state index contributed by atoms with van der Waals surface area (Å²) in [7, 11) is -6.45. The van der Waals surface area contributed by atoms with Crippen molar-refractivity contribution in [2.75, 3.05) is 34.5 Å². The summed E-state index contributed by atoms with van der Waals surface area (Å²) in [6, 6.07) is 14.3. The van der Waals surface area contributed by atoms with Crippen molar-refractivity contribution in [2.45, 2.75) is 23.0 Å². The van der Waals surface area contributed by atoms with Crippen LogP contribution in [0.2, 0.25) is 0 Å². The second-order valence-corrected chi connectivity index (χ2v) is 11.2. The third-order valence-electron chi connectivity index (χ3n) is 4.72. The summed E-state index contributed by atoms with van der Waals surface area (Å²) in [6.45, 7) is 4.99. The summed E-state index contributed by atoms with van der Waals surface area (Å²) in [5.74, 6) is 0.370. The zero-order chi connectivity index (χ0) is 23.4. The molecule has 0 saturated carbocycles. The first-order valence-corrected chi connectivity index (χ1v) is 13.7. The highest BCUT2D eigenvalue weighted by Crippen LogP contribution is 2.33. The summed E-state index contributed by atoms with van der Waals surface area (Å²) in [5, 5.41) is 1.66. The summed E-state index contributed by atoms with van der Waals surface area (Å²) in [4.78, 5) is 1.84. The van der Waals surface area contributed by atoms with Crippen LogP contribution in [0.5, 0.6) is 5.75 Å². The van der Waals surface area contributed by atoms with Crippen molar-refractivity contribution in [3.63, 3.8) is 0 Å². The van der Waals surface area contributed by atoms with Gasteiger partial charge in [-0.15, -0.1) is 11.3 Å². The Bertz CT molecular complexity index is 1270. The number of nitrogens with zero attached hydrogens (tertiary/aromatic N) is 1. The van der Waals surface area contributed by atoms with Crippen LogP contribution >= 0.6 is 11.3 Å². The Morgan fingerprint density at radius 3 is 2.25 bits per heavy atom. The summed E-state index contributed by atoms with van der Waals surface area (Å²) in [6.07, 6.45) is 0. The Hall–Kier alpha value is -2.76. The largest absolute Gasteiger partial charge is 0.495 e. The van der Waals surface area contributed by atoms with Gasteiger partial charge >= 0.3 is 0 Å². The second-order valence-electron chi connectivity index (χ2n) is 6.70. The smallest absolute Gasteiger partial charge is 0.271 e. The molecule has 3 rings (SSSR count). The van der Waals surface area contributed by atoms with E-state index in [0.29, 0.717) is 24.5 Å². The van der Waals surface area contributed by atoms with E-state index in [1.807, 2.05) is 18.7 Å². The molecule has 0 atom stereocenters. The first kappa shape index (κ1) is 23.9. The van der Waals surface area contributed by atoms with E-state index in [9.17, 15) is 16.8 Å². The highest BCUT2D eigenvalue weighted by Gasteiger charge is 2.24. The molecular formula is C21H25N3O5S3. The molecule has 0 spiro atoms. The molecular weight excluding hydrogens is 470 g/mol. The fraction of sp³-hybridized carbons (Fsp3) is 0.238. The third-order valence-corrected chi connectivity index (χ3v) is 8.89. The summed E-state index contributed by atoms with van der Waals surface area (Å²) >= 11 is 1.08. The number of ether oxygens (including phenoxy) is 1. The lowest BCUT2D eigenvalue weighted by Crippen LogP contribution is -2.26. The topological polar surface area (TPSA) is 105 Å². The molecule has 3 aromatic rings. The number of benzene rings is 2. The van der Waals surface area contributed by atoms with Gasteiger partial charge in [-0.05, 0) is 55.6 Å². The SMILES string of the molecule is CCN(CC)c1ccc(NS(=O)(=O)c2cccs2)cc1S(=O)(=O)Nc1ccccc1OC. The quantitative estimate of drug-likeness (QED) is 0.437. The molecule has 8 nitrogen and oxygen atoms in total. The molecule has 0 aliphatic carbocycles. The first-order chi connectivity index (χ1) is 15.2. The number of sulfonamides is 2. The van der Waals surface area contributed by atoms with Crippen LogP contribution in [0.15, 0.2) is 69.1 Å². The van der Waals surface area contributed by atoms with Crippen LogP contribution in [0.25, 0.3) is 0 Å². The number of methoxy groups -OCH3 is 1. The fourth-order valence-electron chi connectivity index (χ4n) is 3.17. The van der Waals surface area contributed by atoms with E-state index in [1.165, 1.54) is 19.2 Å². The predicted octanol–water partition coefficient (Wildman–Crippen LogP) is 4.20. The van der Waals surface area contributed by atoms with Crippen LogP contribution in [0.3, 0.4) is 0 Å². The van der Waals surface area contributed by atoms with Crippen molar-refractivity contribution in [3.8, 4) is 5.75 Å². The minimum Gasteiger partial charge on any atom is -0.495 e. The molecule has 32 heavy (non-hydrogen) atoms. The Morgan fingerprint density at radius 1 is 0.906 bits per heavy atom. The minimum absolute atomic E-state index is 0.0431. The van der Waals surface area contributed by atoms with Gasteiger partial charge in [0.25, 0.3) is 20.0 Å². The van der Waals surface area contributed by atoms with Gasteiger partial charge in [0.1, 0.15) is 14.9 Å². The van der Waals surface area contributed by atoms with Gasteiger partial charge in [-0.3, -0.25) is 9.44 Å². The molecule has 11 heteroatoms. The molecule has 0 saturated heterocycles. The fourth-order valence-corrected chi connectivity index (χ4v) is 6.53. The van der Waals surface area contributed by atoms with Crippen molar-refractivity contribution in [3.05, 3.63) is 60.0 Å². The Kier molecular flexibility index (Phi) is 7.32. The third kappa shape index (κ3) is 5.17. The lowest BCUT2D eigenvalue weighted by Gasteiger charge is -2.25. The molecule has 172 valence electrons. The average molecular weight is 496 g/mol. The van der Waals surface area contributed by atoms with Gasteiger partial charge in [-0.2, -0.15) is 0 Å². The van der Waals surface area contributed by atoms with Crippen LogP contribution in [0.1, 0.15) is 13.8 Å². The van der Waals surface area contributed by atoms with Gasteiger partial charge in [0.2, 0.25) is 0 Å². The molecule has 2 N–H and O–H groups in total. The average Bonchev–Trinajstić information content (AvgIpc) is 3.31. The van der Waals surface area contributed by atoms with Crippen LogP contribution in [0.4, 0.5) is 17.1 Å². The maximum Gasteiger partial charge on any atom is 0.271 e. The number of hydrogen-bond acceptors (Lipinski definition) is 7. The van der Waals surface area contributed by atoms with Crippen molar-refractivity contribution in [2.24, 2.45) is 0 Å². The van der Waals surface area contributed by atoms with Gasteiger partial charge in [-0.25, -0.2) is 16.8 Å². The summed E-state index contributed by atoms with van der Waals surface area (Å²) in [5.41, 5.74) is 0.899. The summed E-state index contributed by atoms with van der Waals surface area (Å²) < 4.78 is 62.5. The van der Waals surface area contributed by atoms with Crippen molar-refractivity contribution >= 4 is 48.4 Å². The monoisotopic (exact) mass is 495 g/mol. The van der Waals surface area contributed by atoms with E-state index >= 15 is 0 Å². The zero-order valence-electron chi connectivity index (χ0n) is 17.9. The minimum atomic E-state index is -4.08. The van der Waals surface area contributed by atoms with Crippen molar-refractivity contribution in [1.82, 2.24) is 0 Å². The molecule has 1 heterocycles. The van der Waals surface area contributed by atoms with Gasteiger partial charge in [0, 0.05) is 13.1 Å². The Balaban J connectivity index is 2.07. The van der Waals surface area contributed by atoms with E-state index in [2.05, 4.69) is 9.44 Å². The zero-order valence-corrected chi connectivity index (χ0v) is 20.4. The predicted molar refractivity (Wildman–Crippen MR) is 129 cm³/mol. The number of hydrogen-bond donors (Lipinski definition) is 2. The highest BCUT2D eigenvalue weighted by atomic mass is 32.2. The lowest BCUT2D eigenvalue weighted by atomic mass is 10.2. The maximum atomic E-state index is 13.4. The normalized spacial score (nSPS) is 11.7. The number of para-hydroxylation sites is 2. The molecule has 0 aliphatic heterocycles. The van der Waals surface area contributed by atoms with Gasteiger partial charge in [0.15, 0.2) is 0 Å². The van der Waals surface area contributed by atoms with Crippen LogP contribution in [-0.4, -0.2) is 37.0 Å².